The molecule has 0 unspecified atom stereocenters. The van der Waals surface area contributed by atoms with Crippen molar-refractivity contribution in [1.82, 2.24) is 9.80 Å². The van der Waals surface area contributed by atoms with E-state index in [0.29, 0.717) is 19.7 Å². The number of amides is 1. The Balaban J connectivity index is 2.68. The Labute approximate surface area is 135 Å². The van der Waals surface area contributed by atoms with Gasteiger partial charge < -0.3 is 14.5 Å². The summed E-state index contributed by atoms with van der Waals surface area (Å²) in [4.78, 5) is 16.2. The van der Waals surface area contributed by atoms with Crippen LogP contribution in [0.2, 0.25) is 0 Å². The first kappa shape index (κ1) is 17.9. The molecule has 0 aliphatic heterocycles. The third-order valence-corrected chi connectivity index (χ3v) is 3.73. The van der Waals surface area contributed by atoms with Crippen molar-refractivity contribution >= 4 is 27.9 Å². The molecule has 0 aromatic heterocycles. The lowest BCUT2D eigenvalue weighted by Gasteiger charge is -2.22. The highest BCUT2D eigenvalue weighted by atomic mass is 79.9. The maximum absolute atomic E-state index is 12.3. The zero-order chi connectivity index (χ0) is 15.7. The van der Waals surface area contributed by atoms with Crippen LogP contribution in [0.4, 0.5) is 0 Å². The van der Waals surface area contributed by atoms with E-state index in [2.05, 4.69) is 20.8 Å². The van der Waals surface area contributed by atoms with Gasteiger partial charge in [0.1, 0.15) is 0 Å². The van der Waals surface area contributed by atoms with Crippen LogP contribution in [-0.4, -0.2) is 63.2 Å². The van der Waals surface area contributed by atoms with Crippen LogP contribution in [0, 0.1) is 0 Å². The lowest BCUT2D eigenvalue weighted by Crippen LogP contribution is -2.37. The normalized spacial score (nSPS) is 11.3. The largest absolute Gasteiger partial charge is 0.383 e. The van der Waals surface area contributed by atoms with Crippen LogP contribution in [0.5, 0.6) is 0 Å². The highest BCUT2D eigenvalue weighted by Crippen LogP contribution is 2.17. The fourth-order valence-corrected chi connectivity index (χ4v) is 2.15. The predicted octanol–water partition coefficient (Wildman–Crippen LogP) is 2.50. The Morgan fingerprint density at radius 2 is 1.95 bits per heavy atom. The van der Waals surface area contributed by atoms with Crippen molar-refractivity contribution in [2.75, 3.05) is 47.4 Å². The Morgan fingerprint density at radius 1 is 1.24 bits per heavy atom. The average Bonchev–Trinajstić information content (AvgIpc) is 2.46. The van der Waals surface area contributed by atoms with Gasteiger partial charge >= 0.3 is 0 Å². The molecule has 0 atom stereocenters. The summed E-state index contributed by atoms with van der Waals surface area (Å²) in [6, 6.07) is 7.82. The number of nitrogens with zero attached hydrogens (tertiary/aromatic N) is 2. The summed E-state index contributed by atoms with van der Waals surface area (Å²) in [6.07, 6.45) is 3.45. The highest BCUT2D eigenvalue weighted by Gasteiger charge is 2.10. The number of hydrogen-bond acceptors (Lipinski definition) is 3. The molecule has 0 saturated carbocycles. The number of likely N-dealkylation sites (N-methyl/N-ethyl adjacent to an activating group) is 1. The van der Waals surface area contributed by atoms with Crippen molar-refractivity contribution in [3.05, 3.63) is 40.4 Å². The molecule has 0 heterocycles. The molecule has 1 aromatic rings. The molecule has 0 fully saturated rings. The maximum atomic E-state index is 12.3. The van der Waals surface area contributed by atoms with E-state index in [-0.39, 0.29) is 5.91 Å². The highest BCUT2D eigenvalue weighted by molar-refractivity contribution is 9.10. The van der Waals surface area contributed by atoms with E-state index in [9.17, 15) is 4.79 Å². The minimum Gasteiger partial charge on any atom is -0.383 e. The first-order valence-electron chi connectivity index (χ1n) is 6.89. The van der Waals surface area contributed by atoms with Crippen LogP contribution in [0.25, 0.3) is 6.08 Å². The van der Waals surface area contributed by atoms with Gasteiger partial charge in [-0.05, 0) is 31.8 Å². The Kier molecular flexibility index (Phi) is 8.27. The zero-order valence-corrected chi connectivity index (χ0v) is 14.5. The minimum absolute atomic E-state index is 0.00431. The number of hydrogen-bond donors (Lipinski definition) is 0. The van der Waals surface area contributed by atoms with E-state index in [1.165, 1.54) is 0 Å². The summed E-state index contributed by atoms with van der Waals surface area (Å²) >= 11 is 3.47. The Hall–Kier alpha value is -1.17. The fraction of sp³-hybridized carbons (Fsp3) is 0.438. The van der Waals surface area contributed by atoms with Gasteiger partial charge in [-0.25, -0.2) is 0 Å². The number of carbonyl (C=O) groups is 1. The molecule has 0 N–H and O–H groups in total. The Bertz CT molecular complexity index is 475. The maximum Gasteiger partial charge on any atom is 0.246 e. The molecule has 0 aliphatic rings. The molecular formula is C16H23BrN2O2. The van der Waals surface area contributed by atoms with Crippen molar-refractivity contribution in [1.29, 1.82) is 0 Å². The number of ether oxygens (including phenoxy) is 1. The van der Waals surface area contributed by atoms with Crippen LogP contribution >= 0.6 is 15.9 Å². The van der Waals surface area contributed by atoms with Gasteiger partial charge in [0.2, 0.25) is 5.91 Å². The first-order valence-corrected chi connectivity index (χ1v) is 7.69. The third-order valence-electron chi connectivity index (χ3n) is 3.00. The van der Waals surface area contributed by atoms with Gasteiger partial charge in [-0.2, -0.15) is 0 Å². The molecule has 0 spiro atoms. The van der Waals surface area contributed by atoms with E-state index in [1.54, 1.807) is 18.1 Å². The van der Waals surface area contributed by atoms with Crippen LogP contribution in [0.3, 0.4) is 0 Å². The summed E-state index contributed by atoms with van der Waals surface area (Å²) in [5, 5.41) is 0. The van der Waals surface area contributed by atoms with Gasteiger partial charge in [-0.3, -0.25) is 4.79 Å². The number of benzene rings is 1. The molecule has 1 aromatic carbocycles. The van der Waals surface area contributed by atoms with Gasteiger partial charge in [-0.1, -0.05) is 34.1 Å². The second kappa shape index (κ2) is 9.71. The van der Waals surface area contributed by atoms with E-state index in [0.717, 1.165) is 16.6 Å². The lowest BCUT2D eigenvalue weighted by atomic mass is 10.2. The summed E-state index contributed by atoms with van der Waals surface area (Å²) in [7, 11) is 5.64. The second-order valence-electron chi connectivity index (χ2n) is 4.98. The molecule has 0 bridgehead atoms. The molecule has 4 nitrogen and oxygen atoms in total. The van der Waals surface area contributed by atoms with Crippen molar-refractivity contribution in [3.8, 4) is 0 Å². The summed E-state index contributed by atoms with van der Waals surface area (Å²) < 4.78 is 6.05. The fourth-order valence-electron chi connectivity index (χ4n) is 1.73. The lowest BCUT2D eigenvalue weighted by molar-refractivity contribution is -0.126. The van der Waals surface area contributed by atoms with E-state index in [1.807, 2.05) is 44.4 Å². The molecule has 0 radical (unpaired) electrons. The van der Waals surface area contributed by atoms with E-state index >= 15 is 0 Å². The number of halogens is 1. The summed E-state index contributed by atoms with van der Waals surface area (Å²) in [5.41, 5.74) is 0.991. The van der Waals surface area contributed by atoms with Gasteiger partial charge in [0.25, 0.3) is 0 Å². The molecule has 0 aliphatic carbocycles. The van der Waals surface area contributed by atoms with Gasteiger partial charge in [0, 0.05) is 37.3 Å². The number of methoxy groups -OCH3 is 1. The average molecular weight is 355 g/mol. The van der Waals surface area contributed by atoms with Crippen molar-refractivity contribution < 1.29 is 9.53 Å². The van der Waals surface area contributed by atoms with Crippen LogP contribution in [-0.2, 0) is 9.53 Å². The van der Waals surface area contributed by atoms with E-state index in [4.69, 9.17) is 4.74 Å². The molecular weight excluding hydrogens is 332 g/mol. The Morgan fingerprint density at radius 3 is 2.57 bits per heavy atom. The van der Waals surface area contributed by atoms with Gasteiger partial charge in [-0.15, -0.1) is 0 Å². The van der Waals surface area contributed by atoms with Crippen molar-refractivity contribution in [2.24, 2.45) is 0 Å². The molecule has 21 heavy (non-hydrogen) atoms. The van der Waals surface area contributed by atoms with Gasteiger partial charge in [0.05, 0.1) is 6.61 Å². The SMILES string of the molecule is COCCN(CCN(C)C)C(=O)C=Cc1ccccc1Br. The summed E-state index contributed by atoms with van der Waals surface area (Å²) in [6.45, 7) is 2.67. The topological polar surface area (TPSA) is 32.8 Å². The quantitative estimate of drug-likeness (QED) is 0.672. The number of carbonyl (C=O) groups excluding carboxylic acids is 1. The predicted molar refractivity (Wildman–Crippen MR) is 90.2 cm³/mol. The molecule has 5 heteroatoms. The van der Waals surface area contributed by atoms with Crippen molar-refractivity contribution in [2.45, 2.75) is 0 Å². The van der Waals surface area contributed by atoms with Gasteiger partial charge in [0.15, 0.2) is 0 Å². The first-order chi connectivity index (χ1) is 10.0. The monoisotopic (exact) mass is 354 g/mol. The molecule has 1 rings (SSSR count). The summed E-state index contributed by atoms with van der Waals surface area (Å²) in [5.74, 6) is 0.00431. The number of rotatable bonds is 8. The van der Waals surface area contributed by atoms with Crippen LogP contribution in [0.15, 0.2) is 34.8 Å². The smallest absolute Gasteiger partial charge is 0.246 e. The second-order valence-corrected chi connectivity index (χ2v) is 5.83. The third kappa shape index (κ3) is 6.89. The van der Waals surface area contributed by atoms with Crippen molar-refractivity contribution in [3.63, 3.8) is 0 Å². The zero-order valence-electron chi connectivity index (χ0n) is 12.9. The molecule has 1 amide bonds. The van der Waals surface area contributed by atoms with E-state index < -0.39 is 0 Å². The van der Waals surface area contributed by atoms with Crippen LogP contribution in [0.1, 0.15) is 5.56 Å². The minimum atomic E-state index is 0.00431. The molecule has 116 valence electrons. The molecule has 0 saturated heterocycles. The standard InChI is InChI=1S/C16H23BrN2O2/c1-18(2)10-11-19(12-13-21-3)16(20)9-8-14-6-4-5-7-15(14)17/h4-9H,10-13H2,1-3H3. The van der Waals surface area contributed by atoms with Crippen LogP contribution < -0.4 is 0 Å².